The van der Waals surface area contributed by atoms with Crippen molar-refractivity contribution in [1.82, 2.24) is 0 Å². The van der Waals surface area contributed by atoms with E-state index < -0.39 is 0 Å². The number of rotatable bonds is 6. The minimum Gasteiger partial charge on any atom is -0.390 e. The molecule has 0 bridgehead atoms. The highest BCUT2D eigenvalue weighted by molar-refractivity contribution is 5.11. The lowest BCUT2D eigenvalue weighted by Crippen LogP contribution is -2.56. The Morgan fingerprint density at radius 1 is 0.806 bits per heavy atom. The van der Waals surface area contributed by atoms with Gasteiger partial charge >= 0.3 is 0 Å². The van der Waals surface area contributed by atoms with Gasteiger partial charge in [0.25, 0.3) is 0 Å². The van der Waals surface area contributed by atoms with Gasteiger partial charge in [0, 0.05) is 0 Å². The highest BCUT2D eigenvalue weighted by atomic mass is 16.3. The summed E-state index contributed by atoms with van der Waals surface area (Å²) in [6, 6.07) is 0. The van der Waals surface area contributed by atoms with Gasteiger partial charge in [0.2, 0.25) is 0 Å². The molecular weight excluding hydrogens is 380 g/mol. The predicted molar refractivity (Wildman–Crippen MR) is 128 cm³/mol. The van der Waals surface area contributed by atoms with E-state index in [1.54, 1.807) is 0 Å². The lowest BCUT2D eigenvalue weighted by Gasteiger charge is -2.62. The molecule has 9 atom stereocenters. The van der Waals surface area contributed by atoms with Crippen LogP contribution in [-0.4, -0.2) is 21.4 Å². The van der Waals surface area contributed by atoms with Gasteiger partial charge in [-0.05, 0) is 130 Å². The summed E-state index contributed by atoms with van der Waals surface area (Å²) in [7, 11) is 0. The summed E-state index contributed by atoms with van der Waals surface area (Å²) < 4.78 is 0. The molecule has 0 aromatic rings. The van der Waals surface area contributed by atoms with Crippen molar-refractivity contribution in [2.75, 3.05) is 0 Å². The largest absolute Gasteiger partial charge is 0.390 e. The van der Waals surface area contributed by atoms with Crippen molar-refractivity contribution in [2.45, 2.75) is 135 Å². The van der Waals surface area contributed by atoms with Crippen LogP contribution < -0.4 is 0 Å². The van der Waals surface area contributed by atoms with Gasteiger partial charge in [-0.25, -0.2) is 0 Å². The fourth-order valence-corrected chi connectivity index (χ4v) is 9.97. The summed E-state index contributed by atoms with van der Waals surface area (Å²) in [6.07, 6.45) is 18.6. The zero-order valence-corrected chi connectivity index (χ0v) is 21.0. The van der Waals surface area contributed by atoms with Crippen molar-refractivity contribution < 1.29 is 10.2 Å². The highest BCUT2D eigenvalue weighted by Crippen LogP contribution is 2.69. The third kappa shape index (κ3) is 3.74. The molecule has 5 aliphatic carbocycles. The van der Waals surface area contributed by atoms with Crippen molar-refractivity contribution in [3.63, 3.8) is 0 Å². The molecule has 178 valence electrons. The molecule has 0 heterocycles. The van der Waals surface area contributed by atoms with Crippen LogP contribution in [0.1, 0.15) is 124 Å². The van der Waals surface area contributed by atoms with Crippen LogP contribution in [0.4, 0.5) is 0 Å². The fraction of sp³-hybridized carbons (Fsp3) is 1.00. The van der Waals surface area contributed by atoms with Gasteiger partial charge in [0.1, 0.15) is 0 Å². The summed E-state index contributed by atoms with van der Waals surface area (Å²) in [6.45, 7) is 10.0. The van der Waals surface area contributed by atoms with E-state index in [1.807, 2.05) is 0 Å². The zero-order chi connectivity index (χ0) is 22.1. The Labute approximate surface area is 192 Å². The normalized spacial score (nSPS) is 51.5. The first-order valence-electron chi connectivity index (χ1n) is 14.1. The van der Waals surface area contributed by atoms with Gasteiger partial charge in [-0.15, -0.1) is 0 Å². The van der Waals surface area contributed by atoms with Crippen LogP contribution in [0, 0.1) is 46.3 Å². The van der Waals surface area contributed by atoms with Gasteiger partial charge in [-0.1, -0.05) is 40.5 Å². The Balaban J connectivity index is 1.26. The molecule has 0 aliphatic heterocycles. The van der Waals surface area contributed by atoms with Crippen molar-refractivity contribution in [1.29, 1.82) is 0 Å². The molecule has 0 radical (unpaired) electrons. The molecule has 0 spiro atoms. The molecular formula is C29H50O2. The van der Waals surface area contributed by atoms with Crippen LogP contribution in [0.25, 0.3) is 0 Å². The van der Waals surface area contributed by atoms with Crippen LogP contribution in [0.5, 0.6) is 0 Å². The molecule has 5 aliphatic rings. The van der Waals surface area contributed by atoms with Crippen LogP contribution in [0.2, 0.25) is 0 Å². The molecule has 0 aromatic carbocycles. The highest BCUT2D eigenvalue weighted by Gasteiger charge is 2.61. The maximum atomic E-state index is 11.0. The molecule has 0 unspecified atom stereocenters. The monoisotopic (exact) mass is 430 g/mol. The quantitative estimate of drug-likeness (QED) is 0.471. The van der Waals surface area contributed by atoms with Gasteiger partial charge in [-0.2, -0.15) is 0 Å². The number of fused-ring (bicyclic) bond motifs is 5. The van der Waals surface area contributed by atoms with E-state index >= 15 is 0 Å². The van der Waals surface area contributed by atoms with Crippen LogP contribution in [-0.2, 0) is 0 Å². The van der Waals surface area contributed by atoms with E-state index in [-0.39, 0.29) is 11.2 Å². The topological polar surface area (TPSA) is 40.5 Å². The van der Waals surface area contributed by atoms with Crippen LogP contribution in [0.3, 0.4) is 0 Å². The van der Waals surface area contributed by atoms with E-state index in [0.29, 0.717) is 10.8 Å². The molecule has 5 rings (SSSR count). The third-order valence-electron chi connectivity index (χ3n) is 12.4. The Bertz CT molecular complexity index is 670. The Morgan fingerprint density at radius 2 is 1.52 bits per heavy atom. The van der Waals surface area contributed by atoms with E-state index in [0.717, 1.165) is 74.0 Å². The van der Waals surface area contributed by atoms with E-state index in [2.05, 4.69) is 27.7 Å². The van der Waals surface area contributed by atoms with Crippen molar-refractivity contribution >= 4 is 0 Å². The van der Waals surface area contributed by atoms with Gasteiger partial charge in [0.15, 0.2) is 0 Å². The van der Waals surface area contributed by atoms with Crippen LogP contribution >= 0.6 is 0 Å². The Hall–Kier alpha value is -0.0800. The minimum absolute atomic E-state index is 0.266. The summed E-state index contributed by atoms with van der Waals surface area (Å²) in [4.78, 5) is 0. The van der Waals surface area contributed by atoms with Crippen LogP contribution in [0.15, 0.2) is 0 Å². The molecule has 2 heteroatoms. The predicted octanol–water partition coefficient (Wildman–Crippen LogP) is 7.12. The van der Waals surface area contributed by atoms with E-state index in [9.17, 15) is 10.2 Å². The molecule has 0 amide bonds. The van der Waals surface area contributed by atoms with Gasteiger partial charge in [0.05, 0.1) is 11.2 Å². The second-order valence-corrected chi connectivity index (χ2v) is 13.8. The van der Waals surface area contributed by atoms with E-state index in [1.165, 1.54) is 57.8 Å². The molecule has 0 saturated heterocycles. The molecule has 5 saturated carbocycles. The summed E-state index contributed by atoms with van der Waals surface area (Å²) in [5.41, 5.74) is 0.397. The zero-order valence-electron chi connectivity index (χ0n) is 21.0. The van der Waals surface area contributed by atoms with Gasteiger partial charge < -0.3 is 10.2 Å². The smallest absolute Gasteiger partial charge is 0.0650 e. The number of aliphatic hydroxyl groups is 2. The van der Waals surface area contributed by atoms with E-state index in [4.69, 9.17) is 0 Å². The molecule has 5 fully saturated rings. The summed E-state index contributed by atoms with van der Waals surface area (Å²) in [5.74, 6) is 5.25. The molecule has 2 N–H and O–H groups in total. The SMILES string of the molecule is CC[C@]1(O)CC[C@@]2(C)[C@@H](CC[C@@H]3[C@@H]2CC[C@]2(C)[C@@H]([C@H](C)CCCC4(O)CC4)CC[C@@H]32)C1. The first-order valence-corrected chi connectivity index (χ1v) is 14.1. The molecule has 2 nitrogen and oxygen atoms in total. The van der Waals surface area contributed by atoms with Crippen molar-refractivity contribution in [3.8, 4) is 0 Å². The van der Waals surface area contributed by atoms with Gasteiger partial charge in [-0.3, -0.25) is 0 Å². The Kier molecular flexibility index (Phi) is 5.66. The molecule has 0 aromatic heterocycles. The molecule has 31 heavy (non-hydrogen) atoms. The summed E-state index contributed by atoms with van der Waals surface area (Å²) >= 11 is 0. The lowest BCUT2D eigenvalue weighted by molar-refractivity contribution is -0.152. The Morgan fingerprint density at radius 3 is 2.23 bits per heavy atom. The average Bonchev–Trinajstić information content (AvgIpc) is 3.35. The number of hydrogen-bond donors (Lipinski definition) is 2. The third-order valence-corrected chi connectivity index (χ3v) is 12.4. The second-order valence-electron chi connectivity index (χ2n) is 13.8. The lowest BCUT2D eigenvalue weighted by atomic mass is 9.43. The second kappa shape index (κ2) is 7.72. The maximum Gasteiger partial charge on any atom is 0.0650 e. The minimum atomic E-state index is -0.373. The average molecular weight is 431 g/mol. The first-order chi connectivity index (χ1) is 14.6. The van der Waals surface area contributed by atoms with Crippen molar-refractivity contribution in [2.24, 2.45) is 46.3 Å². The number of hydrogen-bond acceptors (Lipinski definition) is 2. The summed E-state index contributed by atoms with van der Waals surface area (Å²) in [5, 5.41) is 21.3. The first kappa shape index (κ1) is 22.7. The van der Waals surface area contributed by atoms with Crippen molar-refractivity contribution in [3.05, 3.63) is 0 Å². The fourth-order valence-electron chi connectivity index (χ4n) is 9.97. The standard InChI is InChI=1S/C29H50O2/c1-5-28(30)16-15-26(3)21(19-28)8-9-22-24-11-10-23(27(24,4)14-12-25(22)26)20(2)7-6-13-29(31)17-18-29/h20-25,30-31H,5-19H2,1-4H3/t20-,21+,22+,23-,24+,25+,26+,27-,28+/m1/s1. The maximum absolute atomic E-state index is 11.0.